The molecule has 2 aromatic carbocycles. The van der Waals surface area contributed by atoms with E-state index < -0.39 is 0 Å². The Kier molecular flexibility index (Phi) is 5.63. The zero-order chi connectivity index (χ0) is 18.4. The average Bonchev–Trinajstić information content (AvgIpc) is 3.16. The smallest absolute Gasteiger partial charge is 0.316 e. The van der Waals surface area contributed by atoms with Gasteiger partial charge in [-0.25, -0.2) is 0 Å². The lowest BCUT2D eigenvalue weighted by Crippen LogP contribution is -2.25. The van der Waals surface area contributed by atoms with Crippen molar-refractivity contribution in [2.24, 2.45) is 0 Å². The van der Waals surface area contributed by atoms with Crippen LogP contribution in [-0.4, -0.2) is 36.7 Å². The molecule has 0 aliphatic carbocycles. The first-order valence-electron chi connectivity index (χ1n) is 8.57. The molecule has 0 aliphatic heterocycles. The summed E-state index contributed by atoms with van der Waals surface area (Å²) in [6.07, 6.45) is 1.76. The van der Waals surface area contributed by atoms with E-state index in [0.717, 1.165) is 24.1 Å². The van der Waals surface area contributed by atoms with E-state index in [4.69, 9.17) is 4.52 Å². The van der Waals surface area contributed by atoms with Crippen molar-refractivity contribution in [3.8, 4) is 11.4 Å². The van der Waals surface area contributed by atoms with Gasteiger partial charge in [-0.3, -0.25) is 4.79 Å². The fraction of sp³-hybridized carbons (Fsp3) is 0.250. The number of aromatic nitrogens is 2. The SMILES string of the molecule is CN(C)c1ccc(-c2noc(C(=O)NCCCc3ccccc3)n2)cc1. The topological polar surface area (TPSA) is 71.3 Å². The van der Waals surface area contributed by atoms with Crippen molar-refractivity contribution >= 4 is 11.6 Å². The van der Waals surface area contributed by atoms with Crippen LogP contribution >= 0.6 is 0 Å². The second kappa shape index (κ2) is 8.29. The molecule has 0 spiro atoms. The van der Waals surface area contributed by atoms with E-state index in [1.165, 1.54) is 5.56 Å². The van der Waals surface area contributed by atoms with E-state index in [1.807, 2.05) is 61.5 Å². The summed E-state index contributed by atoms with van der Waals surface area (Å²) in [6.45, 7) is 0.559. The average molecular weight is 350 g/mol. The van der Waals surface area contributed by atoms with Crippen LogP contribution in [0.15, 0.2) is 59.1 Å². The number of aryl methyl sites for hydroxylation is 1. The fourth-order valence-corrected chi connectivity index (χ4v) is 2.56. The number of anilines is 1. The first-order chi connectivity index (χ1) is 12.6. The molecule has 0 saturated carbocycles. The summed E-state index contributed by atoms with van der Waals surface area (Å²) >= 11 is 0. The highest BCUT2D eigenvalue weighted by Crippen LogP contribution is 2.19. The van der Waals surface area contributed by atoms with Gasteiger partial charge in [0.15, 0.2) is 0 Å². The van der Waals surface area contributed by atoms with Crippen LogP contribution in [0.4, 0.5) is 5.69 Å². The molecule has 1 heterocycles. The molecule has 0 atom stereocenters. The van der Waals surface area contributed by atoms with Gasteiger partial charge >= 0.3 is 11.8 Å². The number of rotatable bonds is 7. The Balaban J connectivity index is 1.52. The van der Waals surface area contributed by atoms with Gasteiger partial charge in [0, 0.05) is 31.9 Å². The second-order valence-electron chi connectivity index (χ2n) is 6.21. The minimum atomic E-state index is -0.346. The minimum Gasteiger partial charge on any atom is -0.378 e. The van der Waals surface area contributed by atoms with Crippen LogP contribution in [0.2, 0.25) is 0 Å². The molecular weight excluding hydrogens is 328 g/mol. The first kappa shape index (κ1) is 17.7. The van der Waals surface area contributed by atoms with Crippen molar-refractivity contribution in [2.45, 2.75) is 12.8 Å². The molecule has 0 fully saturated rings. The molecule has 0 radical (unpaired) electrons. The lowest BCUT2D eigenvalue weighted by atomic mass is 10.1. The third-order valence-corrected chi connectivity index (χ3v) is 4.03. The summed E-state index contributed by atoms with van der Waals surface area (Å²) in [5, 5.41) is 6.71. The summed E-state index contributed by atoms with van der Waals surface area (Å²) in [6, 6.07) is 17.9. The van der Waals surface area contributed by atoms with Crippen molar-refractivity contribution in [1.82, 2.24) is 15.5 Å². The molecule has 1 N–H and O–H groups in total. The molecule has 0 bridgehead atoms. The zero-order valence-corrected chi connectivity index (χ0v) is 15.0. The van der Waals surface area contributed by atoms with Crippen molar-refractivity contribution in [3.63, 3.8) is 0 Å². The van der Waals surface area contributed by atoms with Crippen molar-refractivity contribution in [2.75, 3.05) is 25.5 Å². The highest BCUT2D eigenvalue weighted by Gasteiger charge is 2.15. The van der Waals surface area contributed by atoms with Crippen LogP contribution in [-0.2, 0) is 6.42 Å². The number of amides is 1. The highest BCUT2D eigenvalue weighted by atomic mass is 16.5. The van der Waals surface area contributed by atoms with E-state index >= 15 is 0 Å². The van der Waals surface area contributed by atoms with Crippen LogP contribution in [0.5, 0.6) is 0 Å². The number of carbonyl (C=O) groups excluding carboxylic acids is 1. The number of nitrogens with zero attached hydrogens (tertiary/aromatic N) is 3. The van der Waals surface area contributed by atoms with Crippen LogP contribution in [0.1, 0.15) is 22.7 Å². The van der Waals surface area contributed by atoms with Crippen LogP contribution in [0.25, 0.3) is 11.4 Å². The van der Waals surface area contributed by atoms with Crippen LogP contribution in [0.3, 0.4) is 0 Å². The van der Waals surface area contributed by atoms with Gasteiger partial charge < -0.3 is 14.7 Å². The Bertz CT molecular complexity index is 842. The number of hydrogen-bond acceptors (Lipinski definition) is 5. The maximum absolute atomic E-state index is 12.1. The Morgan fingerprint density at radius 2 is 1.81 bits per heavy atom. The lowest BCUT2D eigenvalue weighted by molar-refractivity contribution is 0.0909. The van der Waals surface area contributed by atoms with Gasteiger partial charge in [0.2, 0.25) is 5.82 Å². The van der Waals surface area contributed by atoms with Gasteiger partial charge in [0.25, 0.3) is 0 Å². The molecule has 134 valence electrons. The molecule has 0 saturated heterocycles. The molecule has 26 heavy (non-hydrogen) atoms. The van der Waals surface area contributed by atoms with Gasteiger partial charge in [-0.05, 0) is 42.7 Å². The summed E-state index contributed by atoms with van der Waals surface area (Å²) in [4.78, 5) is 18.3. The maximum Gasteiger partial charge on any atom is 0.316 e. The Morgan fingerprint density at radius 3 is 2.50 bits per heavy atom. The summed E-state index contributed by atoms with van der Waals surface area (Å²) in [5.74, 6) is 0.0443. The van der Waals surface area contributed by atoms with Gasteiger partial charge in [-0.15, -0.1) is 0 Å². The van der Waals surface area contributed by atoms with Crippen LogP contribution < -0.4 is 10.2 Å². The van der Waals surface area contributed by atoms with Gasteiger partial charge in [0.1, 0.15) is 0 Å². The van der Waals surface area contributed by atoms with E-state index in [2.05, 4.69) is 27.6 Å². The lowest BCUT2D eigenvalue weighted by Gasteiger charge is -2.11. The third-order valence-electron chi connectivity index (χ3n) is 4.03. The third kappa shape index (κ3) is 4.47. The standard InChI is InChI=1S/C20H22N4O2/c1-24(2)17-12-10-16(11-13-17)18-22-20(26-23-18)19(25)21-14-6-9-15-7-4-3-5-8-15/h3-5,7-8,10-13H,6,9,14H2,1-2H3,(H,21,25). The van der Waals surface area contributed by atoms with Crippen molar-refractivity contribution in [3.05, 3.63) is 66.1 Å². The quantitative estimate of drug-likeness (QED) is 0.663. The van der Waals surface area contributed by atoms with Crippen molar-refractivity contribution in [1.29, 1.82) is 0 Å². The van der Waals surface area contributed by atoms with E-state index in [-0.39, 0.29) is 11.8 Å². The zero-order valence-electron chi connectivity index (χ0n) is 15.0. The number of hydrogen-bond donors (Lipinski definition) is 1. The van der Waals surface area contributed by atoms with E-state index in [1.54, 1.807) is 0 Å². The number of carbonyl (C=O) groups is 1. The first-order valence-corrected chi connectivity index (χ1v) is 8.57. The Labute approximate surface area is 152 Å². The van der Waals surface area contributed by atoms with E-state index in [9.17, 15) is 4.79 Å². The molecule has 3 aromatic rings. The minimum absolute atomic E-state index is 0.0172. The van der Waals surface area contributed by atoms with Crippen LogP contribution in [0, 0.1) is 0 Å². The molecular formula is C20H22N4O2. The normalized spacial score (nSPS) is 10.5. The largest absolute Gasteiger partial charge is 0.378 e. The highest BCUT2D eigenvalue weighted by molar-refractivity contribution is 5.89. The maximum atomic E-state index is 12.1. The molecule has 1 amide bonds. The van der Waals surface area contributed by atoms with Gasteiger partial charge in [0.05, 0.1) is 0 Å². The predicted molar refractivity (Wildman–Crippen MR) is 101 cm³/mol. The molecule has 3 rings (SSSR count). The van der Waals surface area contributed by atoms with Crippen molar-refractivity contribution < 1.29 is 9.32 Å². The molecule has 0 unspecified atom stereocenters. The molecule has 6 heteroatoms. The predicted octanol–water partition coefficient (Wildman–Crippen LogP) is 3.17. The number of nitrogens with one attached hydrogen (secondary N) is 1. The van der Waals surface area contributed by atoms with Gasteiger partial charge in [-0.2, -0.15) is 4.98 Å². The molecule has 1 aromatic heterocycles. The van der Waals surface area contributed by atoms with E-state index in [0.29, 0.717) is 12.4 Å². The Morgan fingerprint density at radius 1 is 1.08 bits per heavy atom. The summed E-state index contributed by atoms with van der Waals surface area (Å²) < 4.78 is 5.09. The summed E-state index contributed by atoms with van der Waals surface area (Å²) in [5.41, 5.74) is 3.14. The fourth-order valence-electron chi connectivity index (χ4n) is 2.56. The summed E-state index contributed by atoms with van der Waals surface area (Å²) in [7, 11) is 3.95. The Hall–Kier alpha value is -3.15. The number of benzene rings is 2. The monoisotopic (exact) mass is 350 g/mol. The van der Waals surface area contributed by atoms with Gasteiger partial charge in [-0.1, -0.05) is 35.5 Å². The second-order valence-corrected chi connectivity index (χ2v) is 6.21. The molecule has 0 aliphatic rings. The molecule has 6 nitrogen and oxygen atoms in total.